The molecule has 0 N–H and O–H groups in total. The Morgan fingerprint density at radius 3 is 2.71 bits per heavy atom. The van der Waals surface area contributed by atoms with E-state index in [-0.39, 0.29) is 23.7 Å². The van der Waals surface area contributed by atoms with E-state index >= 15 is 0 Å². The number of carbonyl (C=O) groups excluding carboxylic acids is 2. The van der Waals surface area contributed by atoms with E-state index < -0.39 is 0 Å². The zero-order valence-electron chi connectivity index (χ0n) is 17.4. The molecule has 8 heteroatoms. The monoisotopic (exact) mass is 438 g/mol. The number of aryl methyl sites for hydroxylation is 2. The first kappa shape index (κ1) is 21.1. The van der Waals surface area contributed by atoms with E-state index in [0.29, 0.717) is 41.6 Å². The minimum Gasteiger partial charge on any atom is -0.315 e. The van der Waals surface area contributed by atoms with Crippen LogP contribution in [0.25, 0.3) is 0 Å². The Morgan fingerprint density at radius 2 is 2.00 bits per heavy atom. The molecule has 0 radical (unpaired) electrons. The van der Waals surface area contributed by atoms with Gasteiger partial charge in [0.1, 0.15) is 5.82 Å². The molecule has 1 fully saturated rings. The van der Waals surface area contributed by atoms with Crippen molar-refractivity contribution in [2.45, 2.75) is 39.3 Å². The topological polar surface area (TPSA) is 66.4 Å². The molecule has 160 valence electrons. The first-order chi connectivity index (χ1) is 14.9. The molecule has 0 unspecified atom stereocenters. The lowest BCUT2D eigenvalue weighted by molar-refractivity contribution is 0.0986. The molecule has 0 spiro atoms. The second-order valence-electron chi connectivity index (χ2n) is 7.69. The van der Waals surface area contributed by atoms with E-state index in [2.05, 4.69) is 9.97 Å². The van der Waals surface area contributed by atoms with Crippen molar-refractivity contribution in [2.24, 2.45) is 0 Å². The number of Topliss-reactive ketones (excluding diaryl/α,β-unsaturated/α-hetero) is 1. The van der Waals surface area contributed by atoms with Gasteiger partial charge < -0.3 is 4.90 Å². The Bertz CT molecular complexity index is 1080. The molecule has 2 aromatic heterocycles. The van der Waals surface area contributed by atoms with Crippen LogP contribution in [0, 0.1) is 12.7 Å². The Labute approximate surface area is 184 Å². The molecule has 0 bridgehead atoms. The summed E-state index contributed by atoms with van der Waals surface area (Å²) in [6.45, 7) is 4.67. The van der Waals surface area contributed by atoms with Gasteiger partial charge in [0.15, 0.2) is 10.9 Å². The average molecular weight is 439 g/mol. The second kappa shape index (κ2) is 8.93. The third kappa shape index (κ3) is 4.64. The highest BCUT2D eigenvalue weighted by atomic mass is 32.1. The second-order valence-corrected chi connectivity index (χ2v) is 8.67. The van der Waals surface area contributed by atoms with Crippen LogP contribution in [0.15, 0.2) is 48.8 Å². The van der Waals surface area contributed by atoms with Gasteiger partial charge in [-0.25, -0.2) is 14.2 Å². The quantitative estimate of drug-likeness (QED) is 0.505. The Morgan fingerprint density at radius 1 is 1.23 bits per heavy atom. The van der Waals surface area contributed by atoms with Crippen LogP contribution in [0.3, 0.4) is 0 Å². The predicted octanol–water partition coefficient (Wildman–Crippen LogP) is 4.63. The van der Waals surface area contributed by atoms with Gasteiger partial charge in [0.05, 0.1) is 17.1 Å². The highest BCUT2D eigenvalue weighted by molar-refractivity contribution is 7.17. The number of ketones is 1. The van der Waals surface area contributed by atoms with Crippen LogP contribution >= 0.6 is 11.3 Å². The maximum absolute atomic E-state index is 13.2. The summed E-state index contributed by atoms with van der Waals surface area (Å²) in [5, 5.41) is 0.542. The molecule has 31 heavy (non-hydrogen) atoms. The summed E-state index contributed by atoms with van der Waals surface area (Å²) >= 11 is 1.27. The van der Waals surface area contributed by atoms with Crippen LogP contribution in [0.2, 0.25) is 0 Å². The molecule has 1 aromatic carbocycles. The van der Waals surface area contributed by atoms with Gasteiger partial charge in [-0.1, -0.05) is 29.5 Å². The van der Waals surface area contributed by atoms with Gasteiger partial charge in [0.25, 0.3) is 0 Å². The number of benzene rings is 1. The van der Waals surface area contributed by atoms with Crippen molar-refractivity contribution >= 4 is 28.3 Å². The van der Waals surface area contributed by atoms with Gasteiger partial charge in [0.2, 0.25) is 0 Å². The molecule has 3 heterocycles. The average Bonchev–Trinajstić information content (AvgIpc) is 3.29. The normalized spacial score (nSPS) is 16.2. The third-order valence-corrected chi connectivity index (χ3v) is 6.58. The highest BCUT2D eigenvalue weighted by Gasteiger charge is 2.37. The maximum Gasteiger partial charge on any atom is 0.326 e. The van der Waals surface area contributed by atoms with Crippen molar-refractivity contribution in [3.63, 3.8) is 0 Å². The SMILES string of the molecule is Cc1nc(N2C[C@H](C)N(Cc3ccc(F)cc3)C2=O)sc1C(=O)CCc1cccnc1. The fourth-order valence-corrected chi connectivity index (χ4v) is 4.67. The van der Waals surface area contributed by atoms with E-state index in [0.717, 1.165) is 11.1 Å². The number of amides is 2. The summed E-state index contributed by atoms with van der Waals surface area (Å²) < 4.78 is 13.2. The van der Waals surface area contributed by atoms with Gasteiger partial charge in [-0.05, 0) is 49.6 Å². The number of rotatable bonds is 7. The van der Waals surface area contributed by atoms with Crippen LogP contribution < -0.4 is 4.90 Å². The molecule has 3 aromatic rings. The van der Waals surface area contributed by atoms with Gasteiger partial charge in [-0.15, -0.1) is 0 Å². The molecule has 6 nitrogen and oxygen atoms in total. The molecule has 1 aliphatic rings. The molecule has 4 rings (SSSR count). The molecule has 0 saturated carbocycles. The zero-order valence-corrected chi connectivity index (χ0v) is 18.2. The Hall–Kier alpha value is -3.13. The van der Waals surface area contributed by atoms with Crippen molar-refractivity contribution in [2.75, 3.05) is 11.4 Å². The number of carbonyl (C=O) groups is 2. The number of aromatic nitrogens is 2. The molecular formula is C23H23FN4O2S. The summed E-state index contributed by atoms with van der Waals surface area (Å²) in [5.74, 6) is -0.280. The van der Waals surface area contributed by atoms with Gasteiger partial charge >= 0.3 is 6.03 Å². The number of pyridine rings is 1. The predicted molar refractivity (Wildman–Crippen MR) is 118 cm³/mol. The van der Waals surface area contributed by atoms with E-state index in [1.54, 1.807) is 41.2 Å². The lowest BCUT2D eigenvalue weighted by Crippen LogP contribution is -2.33. The molecular weight excluding hydrogens is 415 g/mol. The number of thiazole rings is 1. The molecule has 1 atom stereocenters. The number of nitrogens with zero attached hydrogens (tertiary/aromatic N) is 4. The lowest BCUT2D eigenvalue weighted by Gasteiger charge is -2.20. The van der Waals surface area contributed by atoms with E-state index in [1.807, 2.05) is 19.1 Å². The van der Waals surface area contributed by atoms with Gasteiger partial charge in [-0.3, -0.25) is 14.7 Å². The van der Waals surface area contributed by atoms with Crippen LogP contribution in [0.1, 0.15) is 39.8 Å². The first-order valence-corrected chi connectivity index (χ1v) is 11.0. The molecule has 0 aliphatic carbocycles. The van der Waals surface area contributed by atoms with Crippen molar-refractivity contribution < 1.29 is 14.0 Å². The summed E-state index contributed by atoms with van der Waals surface area (Å²) in [5.41, 5.74) is 2.52. The Balaban J connectivity index is 1.45. The number of urea groups is 1. The van der Waals surface area contributed by atoms with Crippen molar-refractivity contribution in [1.82, 2.24) is 14.9 Å². The maximum atomic E-state index is 13.2. The van der Waals surface area contributed by atoms with Crippen molar-refractivity contribution in [1.29, 1.82) is 0 Å². The molecule has 1 saturated heterocycles. The smallest absolute Gasteiger partial charge is 0.315 e. The van der Waals surface area contributed by atoms with E-state index in [1.165, 1.54) is 23.5 Å². The fourth-order valence-electron chi connectivity index (χ4n) is 3.63. The van der Waals surface area contributed by atoms with Crippen LogP contribution in [-0.2, 0) is 13.0 Å². The highest BCUT2D eigenvalue weighted by Crippen LogP contribution is 2.32. The summed E-state index contributed by atoms with van der Waals surface area (Å²) in [7, 11) is 0. The van der Waals surface area contributed by atoms with Crippen LogP contribution in [-0.4, -0.2) is 39.3 Å². The number of anilines is 1. The summed E-state index contributed by atoms with van der Waals surface area (Å²) in [6, 6.07) is 9.79. The number of halogens is 1. The van der Waals surface area contributed by atoms with Gasteiger partial charge in [0, 0.05) is 31.4 Å². The first-order valence-electron chi connectivity index (χ1n) is 10.1. The minimum atomic E-state index is -0.301. The van der Waals surface area contributed by atoms with Gasteiger partial charge in [-0.2, -0.15) is 0 Å². The fraction of sp³-hybridized carbons (Fsp3) is 0.304. The van der Waals surface area contributed by atoms with Crippen molar-refractivity contribution in [3.8, 4) is 0 Å². The lowest BCUT2D eigenvalue weighted by atomic mass is 10.1. The summed E-state index contributed by atoms with van der Waals surface area (Å²) in [6.07, 6.45) is 4.45. The van der Waals surface area contributed by atoms with E-state index in [9.17, 15) is 14.0 Å². The van der Waals surface area contributed by atoms with Crippen LogP contribution in [0.4, 0.5) is 14.3 Å². The van der Waals surface area contributed by atoms with E-state index in [4.69, 9.17) is 0 Å². The molecule has 1 aliphatic heterocycles. The number of hydrogen-bond donors (Lipinski definition) is 0. The van der Waals surface area contributed by atoms with Crippen molar-refractivity contribution in [3.05, 3.63) is 76.3 Å². The number of hydrogen-bond acceptors (Lipinski definition) is 5. The minimum absolute atomic E-state index is 0.0213. The standard InChI is InChI=1S/C23H23FN4O2S/c1-15-13-28(23(30)27(15)14-18-5-8-19(24)9-6-18)22-26-16(2)21(31-22)20(29)10-7-17-4-3-11-25-12-17/h3-6,8-9,11-12,15H,7,10,13-14H2,1-2H3/t15-/m0/s1. The largest absolute Gasteiger partial charge is 0.326 e. The summed E-state index contributed by atoms with van der Waals surface area (Å²) in [4.78, 5) is 38.4. The Kier molecular flexibility index (Phi) is 6.08. The zero-order chi connectivity index (χ0) is 22.0. The molecule has 2 amide bonds. The third-order valence-electron chi connectivity index (χ3n) is 5.35. The van der Waals surface area contributed by atoms with Crippen LogP contribution in [0.5, 0.6) is 0 Å².